The van der Waals surface area contributed by atoms with Crippen LogP contribution in [0.4, 0.5) is 10.1 Å². The highest BCUT2D eigenvalue weighted by atomic mass is 32.1. The summed E-state index contributed by atoms with van der Waals surface area (Å²) in [6.45, 7) is -0.169. The van der Waals surface area contributed by atoms with Crippen LogP contribution in [0.5, 0.6) is 0 Å². The van der Waals surface area contributed by atoms with Crippen LogP contribution in [-0.2, 0) is 4.79 Å². The molecule has 0 unspecified atom stereocenters. The molecule has 0 atom stereocenters. The van der Waals surface area contributed by atoms with Crippen molar-refractivity contribution in [1.82, 2.24) is 10.1 Å². The van der Waals surface area contributed by atoms with Gasteiger partial charge in [-0.05, 0) is 35.7 Å². The largest absolute Gasteiger partial charge is 0.355 e. The van der Waals surface area contributed by atoms with Crippen molar-refractivity contribution in [2.24, 2.45) is 0 Å². The number of hydrogen-bond acceptors (Lipinski definition) is 5. The van der Waals surface area contributed by atoms with E-state index in [2.05, 4.69) is 10.5 Å². The first-order valence-corrected chi connectivity index (χ1v) is 8.22. The second kappa shape index (κ2) is 7.27. The number of anilines is 1. The molecule has 25 heavy (non-hydrogen) atoms. The number of halogens is 1. The molecule has 0 aliphatic carbocycles. The van der Waals surface area contributed by atoms with Crippen molar-refractivity contribution in [3.05, 3.63) is 59.4 Å². The highest BCUT2D eigenvalue weighted by Gasteiger charge is 2.20. The van der Waals surface area contributed by atoms with Crippen molar-refractivity contribution in [1.29, 1.82) is 0 Å². The molecule has 3 rings (SSSR count). The van der Waals surface area contributed by atoms with Crippen LogP contribution in [0.15, 0.2) is 52.4 Å². The lowest BCUT2D eigenvalue weighted by atomic mass is 10.3. The summed E-state index contributed by atoms with van der Waals surface area (Å²) in [7, 11) is 1.49. The minimum Gasteiger partial charge on any atom is -0.355 e. The number of aromatic nitrogens is 1. The molecule has 128 valence electrons. The van der Waals surface area contributed by atoms with E-state index >= 15 is 0 Å². The van der Waals surface area contributed by atoms with Gasteiger partial charge in [0.05, 0.1) is 11.4 Å². The monoisotopic (exact) mass is 359 g/mol. The molecular weight excluding hydrogens is 345 g/mol. The number of nitrogens with one attached hydrogen (secondary N) is 1. The van der Waals surface area contributed by atoms with Gasteiger partial charge in [0, 0.05) is 18.8 Å². The first-order chi connectivity index (χ1) is 12.0. The molecule has 1 aromatic carbocycles. The minimum absolute atomic E-state index is 0.125. The smallest absolute Gasteiger partial charge is 0.276 e. The zero-order chi connectivity index (χ0) is 17.8. The van der Waals surface area contributed by atoms with Crippen LogP contribution in [0.1, 0.15) is 10.5 Å². The van der Waals surface area contributed by atoms with Crippen molar-refractivity contribution in [3.8, 4) is 10.6 Å². The zero-order valence-corrected chi connectivity index (χ0v) is 14.0. The number of rotatable bonds is 5. The second-order valence-electron chi connectivity index (χ2n) is 5.27. The van der Waals surface area contributed by atoms with Gasteiger partial charge in [0.15, 0.2) is 11.5 Å². The van der Waals surface area contributed by atoms with E-state index in [4.69, 9.17) is 4.52 Å². The number of carbonyl (C=O) groups is 2. The summed E-state index contributed by atoms with van der Waals surface area (Å²) < 4.78 is 18.0. The Morgan fingerprint density at radius 1 is 1.28 bits per heavy atom. The first kappa shape index (κ1) is 16.8. The number of amides is 2. The van der Waals surface area contributed by atoms with Gasteiger partial charge in [-0.1, -0.05) is 11.2 Å². The SMILES string of the molecule is CN(CC(=O)Nc1ccc(F)cc1)C(=O)c1cc(-c2cccs2)on1. The van der Waals surface area contributed by atoms with Crippen LogP contribution in [0.2, 0.25) is 0 Å². The molecule has 2 amide bonds. The molecule has 0 saturated heterocycles. The number of carbonyl (C=O) groups excluding carboxylic acids is 2. The minimum atomic E-state index is -0.430. The molecule has 2 aromatic heterocycles. The molecule has 1 N–H and O–H groups in total. The standard InChI is InChI=1S/C17H14FN3O3S/c1-21(10-16(22)19-12-6-4-11(18)5-7-12)17(23)13-9-14(24-20-13)15-3-2-8-25-15/h2-9H,10H2,1H3,(H,19,22). The topological polar surface area (TPSA) is 75.4 Å². The van der Waals surface area contributed by atoms with E-state index in [-0.39, 0.29) is 12.2 Å². The molecule has 0 saturated carbocycles. The van der Waals surface area contributed by atoms with E-state index in [1.165, 1.54) is 47.5 Å². The van der Waals surface area contributed by atoms with Crippen LogP contribution < -0.4 is 5.32 Å². The van der Waals surface area contributed by atoms with Crippen LogP contribution in [0.3, 0.4) is 0 Å². The van der Waals surface area contributed by atoms with Gasteiger partial charge >= 0.3 is 0 Å². The lowest BCUT2D eigenvalue weighted by molar-refractivity contribution is -0.116. The number of thiophene rings is 1. The molecule has 0 fully saturated rings. The summed E-state index contributed by atoms with van der Waals surface area (Å²) >= 11 is 1.47. The molecule has 0 aliphatic rings. The maximum absolute atomic E-state index is 12.9. The fourth-order valence-electron chi connectivity index (χ4n) is 2.13. The van der Waals surface area contributed by atoms with E-state index in [0.717, 1.165) is 4.88 Å². The highest BCUT2D eigenvalue weighted by molar-refractivity contribution is 7.13. The van der Waals surface area contributed by atoms with Gasteiger partial charge in [-0.15, -0.1) is 11.3 Å². The van der Waals surface area contributed by atoms with Crippen molar-refractivity contribution in [2.45, 2.75) is 0 Å². The van der Waals surface area contributed by atoms with Gasteiger partial charge in [0.2, 0.25) is 5.91 Å². The number of hydrogen-bond donors (Lipinski definition) is 1. The fraction of sp³-hybridized carbons (Fsp3) is 0.118. The van der Waals surface area contributed by atoms with Crippen LogP contribution in [0, 0.1) is 5.82 Å². The summed E-state index contributed by atoms with van der Waals surface area (Å²) in [5.41, 5.74) is 0.578. The van der Waals surface area contributed by atoms with E-state index < -0.39 is 17.6 Å². The average Bonchev–Trinajstić information content (AvgIpc) is 3.27. The fourth-order valence-corrected chi connectivity index (χ4v) is 2.80. The Morgan fingerprint density at radius 3 is 2.72 bits per heavy atom. The quantitative estimate of drug-likeness (QED) is 0.759. The molecule has 8 heteroatoms. The van der Waals surface area contributed by atoms with E-state index in [1.54, 1.807) is 6.07 Å². The zero-order valence-electron chi connectivity index (χ0n) is 13.2. The van der Waals surface area contributed by atoms with Gasteiger partial charge in [0.1, 0.15) is 5.82 Å². The maximum atomic E-state index is 12.9. The van der Waals surface area contributed by atoms with Gasteiger partial charge in [-0.3, -0.25) is 9.59 Å². The number of likely N-dealkylation sites (N-methyl/N-ethyl adjacent to an activating group) is 1. The van der Waals surface area contributed by atoms with Crippen molar-refractivity contribution in [2.75, 3.05) is 18.9 Å². The van der Waals surface area contributed by atoms with Crippen LogP contribution in [-0.4, -0.2) is 35.5 Å². The Bertz CT molecular complexity index is 875. The third-order valence-electron chi connectivity index (χ3n) is 3.35. The van der Waals surface area contributed by atoms with Crippen LogP contribution in [0.25, 0.3) is 10.6 Å². The average molecular weight is 359 g/mol. The second-order valence-corrected chi connectivity index (χ2v) is 6.22. The van der Waals surface area contributed by atoms with Gasteiger partial charge < -0.3 is 14.7 Å². The summed E-state index contributed by atoms with van der Waals surface area (Å²) in [6, 6.07) is 10.6. The highest BCUT2D eigenvalue weighted by Crippen LogP contribution is 2.25. The van der Waals surface area contributed by atoms with E-state index in [9.17, 15) is 14.0 Å². The third kappa shape index (κ3) is 4.10. The summed E-state index contributed by atoms with van der Waals surface area (Å²) in [5, 5.41) is 8.25. The summed E-state index contributed by atoms with van der Waals surface area (Å²) in [4.78, 5) is 26.4. The molecule has 0 radical (unpaired) electrons. The van der Waals surface area contributed by atoms with Crippen molar-refractivity contribution < 1.29 is 18.5 Å². The molecule has 2 heterocycles. The molecule has 3 aromatic rings. The number of nitrogens with zero attached hydrogens (tertiary/aromatic N) is 2. The molecular formula is C17H14FN3O3S. The van der Waals surface area contributed by atoms with Gasteiger partial charge in [-0.25, -0.2) is 4.39 Å². The maximum Gasteiger partial charge on any atom is 0.276 e. The molecule has 6 nitrogen and oxygen atoms in total. The Morgan fingerprint density at radius 2 is 2.04 bits per heavy atom. The van der Waals surface area contributed by atoms with E-state index in [0.29, 0.717) is 11.4 Å². The normalized spacial score (nSPS) is 10.5. The van der Waals surface area contributed by atoms with Crippen molar-refractivity contribution in [3.63, 3.8) is 0 Å². The molecule has 0 spiro atoms. The Balaban J connectivity index is 1.60. The van der Waals surface area contributed by atoms with Gasteiger partial charge in [-0.2, -0.15) is 0 Å². The van der Waals surface area contributed by atoms with E-state index in [1.807, 2.05) is 17.5 Å². The third-order valence-corrected chi connectivity index (χ3v) is 4.23. The Labute approximate surface area is 146 Å². The lowest BCUT2D eigenvalue weighted by Gasteiger charge is -2.15. The number of benzene rings is 1. The van der Waals surface area contributed by atoms with Crippen LogP contribution >= 0.6 is 11.3 Å². The first-order valence-electron chi connectivity index (χ1n) is 7.34. The van der Waals surface area contributed by atoms with Gasteiger partial charge in [0.25, 0.3) is 5.91 Å². The molecule has 0 bridgehead atoms. The predicted octanol–water partition coefficient (Wildman–Crippen LogP) is 3.25. The Hall–Kier alpha value is -3.00. The Kier molecular flexibility index (Phi) is 4.90. The van der Waals surface area contributed by atoms with Crippen molar-refractivity contribution >= 4 is 28.8 Å². The summed E-state index contributed by atoms with van der Waals surface area (Å²) in [6.07, 6.45) is 0. The lowest BCUT2D eigenvalue weighted by Crippen LogP contribution is -2.35. The molecule has 0 aliphatic heterocycles. The summed E-state index contributed by atoms with van der Waals surface area (Å²) in [5.74, 6) is -0.717. The predicted molar refractivity (Wildman–Crippen MR) is 91.8 cm³/mol.